The molecule has 1 unspecified atom stereocenters. The molecule has 0 saturated carbocycles. The average Bonchev–Trinajstić information content (AvgIpc) is 2.42. The number of carbonyl (C=O) groups is 3. The van der Waals surface area contributed by atoms with Crippen molar-refractivity contribution in [1.82, 2.24) is 10.2 Å². The smallest absolute Gasteiger partial charge is 0.317 e. The lowest BCUT2D eigenvalue weighted by molar-refractivity contribution is -0.155. The van der Waals surface area contributed by atoms with Crippen molar-refractivity contribution in [2.45, 2.75) is 25.3 Å². The zero-order chi connectivity index (χ0) is 17.0. The molecule has 22 heavy (non-hydrogen) atoms. The number of rotatable bonds is 11. The first-order valence-corrected chi connectivity index (χ1v) is 7.53. The normalized spacial score (nSPS) is 11.6. The Hall–Kier alpha value is -1.25. The molecule has 0 aliphatic rings. The van der Waals surface area contributed by atoms with E-state index in [-0.39, 0.29) is 38.7 Å². The predicted molar refractivity (Wildman–Crippen MR) is 79.9 cm³/mol. The summed E-state index contributed by atoms with van der Waals surface area (Å²) >= 11 is 11.5. The maximum absolute atomic E-state index is 11.9. The van der Waals surface area contributed by atoms with Crippen LogP contribution in [-0.4, -0.2) is 65.8 Å². The molecule has 1 atom stereocenters. The minimum Gasteiger partial charge on any atom is -0.481 e. The van der Waals surface area contributed by atoms with Crippen molar-refractivity contribution < 1.29 is 29.0 Å². The number of carbonyl (C=O) groups excluding carboxylic acids is 2. The monoisotopic (exact) mass is 358 g/mol. The van der Waals surface area contributed by atoms with E-state index in [9.17, 15) is 14.4 Å². The van der Waals surface area contributed by atoms with Gasteiger partial charge in [0.25, 0.3) is 0 Å². The van der Waals surface area contributed by atoms with Gasteiger partial charge in [-0.3, -0.25) is 9.59 Å². The Morgan fingerprint density at radius 3 is 2.59 bits per heavy atom. The second-order valence-corrected chi connectivity index (χ2v) is 5.06. The number of amides is 2. The zero-order valence-corrected chi connectivity index (χ0v) is 13.7. The van der Waals surface area contributed by atoms with Gasteiger partial charge in [-0.05, 0) is 6.42 Å². The highest BCUT2D eigenvalue weighted by molar-refractivity contribution is 6.20. The van der Waals surface area contributed by atoms with Crippen LogP contribution >= 0.6 is 23.2 Å². The summed E-state index contributed by atoms with van der Waals surface area (Å²) in [4.78, 5) is 34.2. The molecule has 0 spiro atoms. The zero-order valence-electron chi connectivity index (χ0n) is 12.2. The molecule has 0 aromatic heterocycles. The van der Waals surface area contributed by atoms with E-state index in [0.717, 1.165) is 0 Å². The van der Waals surface area contributed by atoms with Crippen LogP contribution in [-0.2, 0) is 19.1 Å². The second kappa shape index (κ2) is 12.3. The van der Waals surface area contributed by atoms with Crippen LogP contribution in [0.25, 0.3) is 0 Å². The number of carboxylic acids is 1. The van der Waals surface area contributed by atoms with Crippen molar-refractivity contribution >= 4 is 41.2 Å². The Bertz CT molecular complexity index is 370. The van der Waals surface area contributed by atoms with Gasteiger partial charge in [0.1, 0.15) is 0 Å². The summed E-state index contributed by atoms with van der Waals surface area (Å²) < 4.78 is 9.59. The number of aliphatic carboxylic acids is 1. The Morgan fingerprint density at radius 2 is 2.05 bits per heavy atom. The molecule has 0 heterocycles. The van der Waals surface area contributed by atoms with Crippen LogP contribution in [0.2, 0.25) is 0 Å². The molecule has 0 aromatic rings. The summed E-state index contributed by atoms with van der Waals surface area (Å²) in [7, 11) is 0. The van der Waals surface area contributed by atoms with Crippen LogP contribution in [0.15, 0.2) is 0 Å². The second-order valence-electron chi connectivity index (χ2n) is 4.19. The van der Waals surface area contributed by atoms with Crippen LogP contribution in [0.5, 0.6) is 0 Å². The minimum atomic E-state index is -0.924. The lowest BCUT2D eigenvalue weighted by Gasteiger charge is -2.24. The van der Waals surface area contributed by atoms with Crippen LogP contribution in [0, 0.1) is 0 Å². The molecule has 2 amide bonds. The van der Waals surface area contributed by atoms with Gasteiger partial charge < -0.3 is 24.8 Å². The van der Waals surface area contributed by atoms with Gasteiger partial charge in [-0.1, -0.05) is 11.6 Å². The molecular weight excluding hydrogens is 339 g/mol. The van der Waals surface area contributed by atoms with E-state index in [0.29, 0.717) is 6.42 Å². The number of hydrogen-bond acceptors (Lipinski definition) is 5. The summed E-state index contributed by atoms with van der Waals surface area (Å²) in [5, 5.41) is 11.1. The predicted octanol–water partition coefficient (Wildman–Crippen LogP) is 1.20. The topological polar surface area (TPSA) is 105 Å². The van der Waals surface area contributed by atoms with Crippen LogP contribution in [0.3, 0.4) is 0 Å². The van der Waals surface area contributed by atoms with E-state index >= 15 is 0 Å². The number of urea groups is 1. The van der Waals surface area contributed by atoms with Crippen molar-refractivity contribution in [2.75, 3.05) is 32.3 Å². The molecule has 0 aliphatic heterocycles. The number of hydrogen-bond donors (Lipinski definition) is 2. The highest BCUT2D eigenvalue weighted by Crippen LogP contribution is 2.04. The van der Waals surface area contributed by atoms with Gasteiger partial charge in [0, 0.05) is 32.3 Å². The molecule has 128 valence electrons. The highest BCUT2D eigenvalue weighted by atomic mass is 35.5. The van der Waals surface area contributed by atoms with E-state index in [4.69, 9.17) is 33.0 Å². The molecule has 0 saturated heterocycles. The van der Waals surface area contributed by atoms with Crippen LogP contribution < -0.4 is 5.32 Å². The van der Waals surface area contributed by atoms with Crippen molar-refractivity contribution in [3.63, 3.8) is 0 Å². The van der Waals surface area contributed by atoms with Gasteiger partial charge in [-0.25, -0.2) is 4.79 Å². The molecule has 0 rings (SSSR count). The standard InChI is InChI=1S/C12H20Cl2N2O6/c1-9(17)21-8-22-10(14)7-16(6-4-13)12(20)15-5-2-3-11(18)19/h10H,2-8H2,1H3,(H,15,20)(H,18,19). The van der Waals surface area contributed by atoms with Crippen molar-refractivity contribution in [1.29, 1.82) is 0 Å². The quantitative estimate of drug-likeness (QED) is 0.249. The highest BCUT2D eigenvalue weighted by Gasteiger charge is 2.17. The molecule has 0 bridgehead atoms. The minimum absolute atomic E-state index is 0.0284. The number of halogens is 2. The van der Waals surface area contributed by atoms with E-state index in [2.05, 4.69) is 10.1 Å². The summed E-state index contributed by atoms with van der Waals surface area (Å²) in [6.45, 7) is 1.44. The van der Waals surface area contributed by atoms with E-state index in [1.807, 2.05) is 0 Å². The summed E-state index contributed by atoms with van der Waals surface area (Å²) in [5.74, 6) is -1.22. The number of nitrogens with zero attached hydrogens (tertiary/aromatic N) is 1. The summed E-state index contributed by atoms with van der Waals surface area (Å²) in [6, 6.07) is -0.423. The van der Waals surface area contributed by atoms with Crippen molar-refractivity contribution in [3.8, 4) is 0 Å². The first-order valence-electron chi connectivity index (χ1n) is 6.56. The number of alkyl halides is 2. The lowest BCUT2D eigenvalue weighted by atomic mass is 10.3. The Morgan fingerprint density at radius 1 is 1.36 bits per heavy atom. The number of esters is 1. The first-order chi connectivity index (χ1) is 10.4. The Balaban J connectivity index is 4.12. The van der Waals surface area contributed by atoms with Crippen molar-refractivity contribution in [3.05, 3.63) is 0 Å². The van der Waals surface area contributed by atoms with Gasteiger partial charge in [-0.15, -0.1) is 11.6 Å². The maximum Gasteiger partial charge on any atom is 0.317 e. The third kappa shape index (κ3) is 11.4. The van der Waals surface area contributed by atoms with Crippen LogP contribution in [0.4, 0.5) is 4.79 Å². The third-order valence-corrected chi connectivity index (χ3v) is 2.79. The fourth-order valence-electron chi connectivity index (χ4n) is 1.34. The van der Waals surface area contributed by atoms with Gasteiger partial charge in [-0.2, -0.15) is 0 Å². The largest absolute Gasteiger partial charge is 0.481 e. The molecule has 2 N–H and O–H groups in total. The van der Waals surface area contributed by atoms with E-state index in [1.165, 1.54) is 11.8 Å². The molecular formula is C12H20Cl2N2O6. The average molecular weight is 359 g/mol. The van der Waals surface area contributed by atoms with Crippen molar-refractivity contribution in [2.24, 2.45) is 0 Å². The van der Waals surface area contributed by atoms with Gasteiger partial charge in [0.05, 0.1) is 6.54 Å². The van der Waals surface area contributed by atoms with Crippen LogP contribution in [0.1, 0.15) is 19.8 Å². The Labute approximate surface area is 138 Å². The van der Waals surface area contributed by atoms with Gasteiger partial charge in [0.2, 0.25) is 0 Å². The third-order valence-electron chi connectivity index (χ3n) is 2.36. The molecule has 0 radical (unpaired) electrons. The maximum atomic E-state index is 11.9. The van der Waals surface area contributed by atoms with Gasteiger partial charge >= 0.3 is 18.0 Å². The van der Waals surface area contributed by atoms with E-state index in [1.54, 1.807) is 0 Å². The number of carboxylic acid groups (broad SMARTS) is 1. The molecule has 8 nitrogen and oxygen atoms in total. The fraction of sp³-hybridized carbons (Fsp3) is 0.750. The SMILES string of the molecule is CC(=O)OCOC(Cl)CN(CCCl)C(=O)NCCCC(=O)O. The number of ether oxygens (including phenoxy) is 2. The lowest BCUT2D eigenvalue weighted by Crippen LogP contribution is -2.44. The van der Waals surface area contributed by atoms with E-state index < -0.39 is 23.5 Å². The molecule has 0 aliphatic carbocycles. The molecule has 0 fully saturated rings. The first kappa shape index (κ1) is 20.8. The fourth-order valence-corrected chi connectivity index (χ4v) is 1.76. The Kier molecular flexibility index (Phi) is 11.6. The summed E-state index contributed by atoms with van der Waals surface area (Å²) in [5.41, 5.74) is -0.868. The summed E-state index contributed by atoms with van der Waals surface area (Å²) in [6.07, 6.45) is 0.294. The van der Waals surface area contributed by atoms with Gasteiger partial charge in [0.15, 0.2) is 12.4 Å². The molecule has 10 heteroatoms. The molecule has 0 aromatic carbocycles. The number of nitrogens with one attached hydrogen (secondary N) is 1.